The number of nitrogens with zero attached hydrogens (tertiary/aromatic N) is 5. The van der Waals surface area contributed by atoms with Crippen LogP contribution in [0.4, 0.5) is 26.4 Å². The molecule has 0 bridgehead atoms. The lowest BCUT2D eigenvalue weighted by Gasteiger charge is -2.18. The number of nitrogens with one attached hydrogen (secondary N) is 1. The van der Waals surface area contributed by atoms with Crippen LogP contribution < -0.4 is 15.0 Å². The summed E-state index contributed by atoms with van der Waals surface area (Å²) in [5.74, 6) is 1.84. The largest absolute Gasteiger partial charge is 0.435 e. The molecule has 0 spiro atoms. The normalized spacial score (nSPS) is 10.8. The second kappa shape index (κ2) is 9.03. The topological polar surface area (TPSA) is 76.1 Å². The number of halogens is 2. The smallest absolute Gasteiger partial charge is 0.387 e. The van der Waals surface area contributed by atoms with Crippen LogP contribution >= 0.6 is 0 Å². The summed E-state index contributed by atoms with van der Waals surface area (Å²) in [6.07, 6.45) is 3.28. The Morgan fingerprint density at radius 3 is 2.46 bits per heavy atom. The van der Waals surface area contributed by atoms with Crippen molar-refractivity contribution in [3.8, 4) is 16.9 Å². The van der Waals surface area contributed by atoms with E-state index in [-0.39, 0.29) is 5.75 Å². The van der Waals surface area contributed by atoms with Gasteiger partial charge in [-0.1, -0.05) is 12.1 Å². The van der Waals surface area contributed by atoms with Gasteiger partial charge in [0.05, 0.1) is 6.20 Å². The van der Waals surface area contributed by atoms with Crippen molar-refractivity contribution in [1.29, 1.82) is 0 Å². The van der Waals surface area contributed by atoms with Crippen molar-refractivity contribution in [2.45, 2.75) is 20.5 Å². The number of rotatable bonds is 8. The molecule has 7 nitrogen and oxygen atoms in total. The first kappa shape index (κ1) is 19.4. The minimum Gasteiger partial charge on any atom is -0.435 e. The van der Waals surface area contributed by atoms with Crippen LogP contribution in [-0.2, 0) is 0 Å². The van der Waals surface area contributed by atoms with Crippen molar-refractivity contribution in [1.82, 2.24) is 20.2 Å². The zero-order valence-electron chi connectivity index (χ0n) is 15.5. The Bertz CT molecular complexity index is 903. The predicted octanol–water partition coefficient (Wildman–Crippen LogP) is 4.12. The molecule has 0 saturated carbocycles. The van der Waals surface area contributed by atoms with Gasteiger partial charge in [0.2, 0.25) is 5.95 Å². The van der Waals surface area contributed by atoms with Gasteiger partial charge in [-0.2, -0.15) is 18.9 Å². The zero-order chi connectivity index (χ0) is 19.9. The van der Waals surface area contributed by atoms with Gasteiger partial charge in [-0.05, 0) is 43.7 Å². The molecule has 0 aliphatic heterocycles. The Morgan fingerprint density at radius 1 is 1.04 bits per heavy atom. The van der Waals surface area contributed by atoms with E-state index in [0.717, 1.165) is 24.2 Å². The fraction of sp³-hybridized carbons (Fsp3) is 0.263. The van der Waals surface area contributed by atoms with Crippen molar-refractivity contribution < 1.29 is 13.5 Å². The number of hydrogen-bond donors (Lipinski definition) is 1. The Hall–Kier alpha value is -3.36. The molecule has 0 saturated heterocycles. The molecule has 0 radical (unpaired) electrons. The third-order valence-corrected chi connectivity index (χ3v) is 4.01. The first-order valence-electron chi connectivity index (χ1n) is 8.82. The van der Waals surface area contributed by atoms with Crippen LogP contribution in [0.15, 0.2) is 48.8 Å². The van der Waals surface area contributed by atoms with Gasteiger partial charge in [0.25, 0.3) is 0 Å². The molecule has 0 aliphatic rings. The van der Waals surface area contributed by atoms with Crippen LogP contribution in [0.5, 0.6) is 5.75 Å². The fourth-order valence-corrected chi connectivity index (χ4v) is 2.62. The first-order chi connectivity index (χ1) is 13.6. The number of benzene rings is 1. The molecule has 2 heterocycles. The van der Waals surface area contributed by atoms with E-state index in [1.807, 2.05) is 18.7 Å². The van der Waals surface area contributed by atoms with Crippen LogP contribution in [0.1, 0.15) is 13.8 Å². The summed E-state index contributed by atoms with van der Waals surface area (Å²) in [5, 5.41) is 11.2. The average molecular weight is 386 g/mol. The Labute approximate surface area is 161 Å². The summed E-state index contributed by atoms with van der Waals surface area (Å²) >= 11 is 0. The molecule has 0 aliphatic carbocycles. The van der Waals surface area contributed by atoms with Gasteiger partial charge in [-0.25, -0.2) is 4.98 Å². The highest BCUT2D eigenvalue weighted by Gasteiger charge is 2.08. The summed E-state index contributed by atoms with van der Waals surface area (Å²) in [6, 6.07) is 9.88. The maximum Gasteiger partial charge on any atom is 0.387 e. The maximum absolute atomic E-state index is 12.3. The van der Waals surface area contributed by atoms with Crippen LogP contribution in [0, 0.1) is 0 Å². The number of hydrogen-bond acceptors (Lipinski definition) is 7. The third kappa shape index (κ3) is 4.87. The van der Waals surface area contributed by atoms with Gasteiger partial charge in [0.1, 0.15) is 11.6 Å². The molecule has 146 valence electrons. The van der Waals surface area contributed by atoms with Gasteiger partial charge < -0.3 is 15.0 Å². The van der Waals surface area contributed by atoms with Gasteiger partial charge in [-0.15, -0.1) is 5.10 Å². The summed E-state index contributed by atoms with van der Waals surface area (Å²) in [6.45, 7) is 2.85. The lowest BCUT2D eigenvalue weighted by Crippen LogP contribution is -2.24. The maximum atomic E-state index is 12.3. The van der Waals surface area contributed by atoms with E-state index < -0.39 is 6.61 Å². The average Bonchev–Trinajstić information content (AvgIpc) is 2.70. The molecule has 28 heavy (non-hydrogen) atoms. The summed E-state index contributed by atoms with van der Waals surface area (Å²) in [4.78, 5) is 10.8. The van der Waals surface area contributed by atoms with Crippen LogP contribution in [0.25, 0.3) is 11.1 Å². The van der Waals surface area contributed by atoms with E-state index >= 15 is 0 Å². The summed E-state index contributed by atoms with van der Waals surface area (Å²) < 4.78 is 28.9. The molecule has 1 N–H and O–H groups in total. The van der Waals surface area contributed by atoms with Gasteiger partial charge in [-0.3, -0.25) is 0 Å². The van der Waals surface area contributed by atoms with E-state index in [4.69, 9.17) is 0 Å². The first-order valence-corrected chi connectivity index (χ1v) is 8.82. The van der Waals surface area contributed by atoms with E-state index in [9.17, 15) is 8.78 Å². The van der Waals surface area contributed by atoms with Crippen LogP contribution in [-0.4, -0.2) is 39.9 Å². The Kier molecular flexibility index (Phi) is 6.25. The van der Waals surface area contributed by atoms with Crippen molar-refractivity contribution in [2.75, 3.05) is 23.3 Å². The van der Waals surface area contributed by atoms with E-state index in [1.54, 1.807) is 36.7 Å². The molecule has 3 rings (SSSR count). The van der Waals surface area contributed by atoms with Crippen LogP contribution in [0.3, 0.4) is 0 Å². The molecule has 1 aromatic carbocycles. The number of alkyl halides is 2. The molecule has 0 atom stereocenters. The summed E-state index contributed by atoms with van der Waals surface area (Å²) in [5.41, 5.74) is 1.57. The molecule has 0 amide bonds. The molecule has 0 fully saturated rings. The van der Waals surface area contributed by atoms with Gasteiger partial charge in [0.15, 0.2) is 5.82 Å². The third-order valence-electron chi connectivity index (χ3n) is 4.01. The Morgan fingerprint density at radius 2 is 1.79 bits per heavy atom. The lowest BCUT2D eigenvalue weighted by atomic mass is 10.1. The SMILES string of the molecule is CCN(CC)c1nccc(Nc2cc(-c3ccc(OC(F)F)cc3)cnn2)n1. The van der Waals surface area contributed by atoms with E-state index in [0.29, 0.717) is 17.6 Å². The zero-order valence-corrected chi connectivity index (χ0v) is 15.5. The number of aromatic nitrogens is 4. The molecule has 9 heteroatoms. The molecular weight excluding hydrogens is 366 g/mol. The van der Waals surface area contributed by atoms with Crippen molar-refractivity contribution >= 4 is 17.6 Å². The monoisotopic (exact) mass is 386 g/mol. The summed E-state index contributed by atoms with van der Waals surface area (Å²) in [7, 11) is 0. The molecule has 3 aromatic rings. The van der Waals surface area contributed by atoms with Crippen molar-refractivity contribution in [3.05, 3.63) is 48.8 Å². The second-order valence-corrected chi connectivity index (χ2v) is 5.77. The van der Waals surface area contributed by atoms with E-state index in [1.165, 1.54) is 12.1 Å². The van der Waals surface area contributed by atoms with Gasteiger partial charge >= 0.3 is 6.61 Å². The quantitative estimate of drug-likeness (QED) is 0.624. The highest BCUT2D eigenvalue weighted by atomic mass is 19.3. The standard InChI is InChI=1S/C19H20F2N6O/c1-3-27(4-2)19-22-10-9-16(25-19)24-17-11-14(12-23-26-17)13-5-7-15(8-6-13)28-18(20)21/h5-12,18H,3-4H2,1-2H3,(H,22,24,25,26). The molecular formula is C19H20F2N6O. The highest BCUT2D eigenvalue weighted by molar-refractivity contribution is 5.67. The predicted molar refractivity (Wildman–Crippen MR) is 103 cm³/mol. The highest BCUT2D eigenvalue weighted by Crippen LogP contribution is 2.25. The van der Waals surface area contributed by atoms with E-state index in [2.05, 4.69) is 30.2 Å². The van der Waals surface area contributed by atoms with Crippen molar-refractivity contribution in [3.63, 3.8) is 0 Å². The molecule has 2 aromatic heterocycles. The minimum absolute atomic E-state index is 0.101. The van der Waals surface area contributed by atoms with Crippen molar-refractivity contribution in [2.24, 2.45) is 0 Å². The number of anilines is 3. The van der Waals surface area contributed by atoms with Gasteiger partial charge in [0, 0.05) is 24.8 Å². The fourth-order valence-electron chi connectivity index (χ4n) is 2.62. The second-order valence-electron chi connectivity index (χ2n) is 5.77. The minimum atomic E-state index is -2.85. The van der Waals surface area contributed by atoms with Crippen LogP contribution in [0.2, 0.25) is 0 Å². The lowest BCUT2D eigenvalue weighted by molar-refractivity contribution is -0.0498. The molecule has 0 unspecified atom stereocenters. The number of ether oxygens (including phenoxy) is 1. The Balaban J connectivity index is 1.78.